The second-order valence-electron chi connectivity index (χ2n) is 4.65. The summed E-state index contributed by atoms with van der Waals surface area (Å²) >= 11 is 0. The Morgan fingerprint density at radius 1 is 1.37 bits per heavy atom. The molecule has 0 spiro atoms. The molecule has 6 heteroatoms. The molecule has 1 aliphatic rings. The van der Waals surface area contributed by atoms with E-state index >= 15 is 0 Å². The van der Waals surface area contributed by atoms with Crippen molar-refractivity contribution in [2.24, 2.45) is 0 Å². The van der Waals surface area contributed by atoms with Gasteiger partial charge in [-0.05, 0) is 19.1 Å². The number of nitrogens with zero attached hydrogens (tertiary/aromatic N) is 1. The van der Waals surface area contributed by atoms with E-state index in [9.17, 15) is 14.7 Å². The van der Waals surface area contributed by atoms with Gasteiger partial charge in [0, 0.05) is 0 Å². The molecule has 1 aliphatic heterocycles. The lowest BCUT2D eigenvalue weighted by Gasteiger charge is -2.17. The Kier molecular flexibility index (Phi) is 3.55. The third-order valence-corrected chi connectivity index (χ3v) is 2.80. The summed E-state index contributed by atoms with van der Waals surface area (Å²) in [5, 5.41) is 10.8. The molecule has 1 fully saturated rings. The molecule has 0 bridgehead atoms. The van der Waals surface area contributed by atoms with E-state index in [1.165, 1.54) is 19.2 Å². The van der Waals surface area contributed by atoms with Crippen LogP contribution in [0.3, 0.4) is 0 Å². The van der Waals surface area contributed by atoms with Crippen molar-refractivity contribution in [1.82, 2.24) is 5.06 Å². The lowest BCUT2D eigenvalue weighted by Crippen LogP contribution is -2.34. The lowest BCUT2D eigenvalue weighted by atomic mass is 10.1. The van der Waals surface area contributed by atoms with Crippen LogP contribution in [0.1, 0.15) is 27.6 Å². The van der Waals surface area contributed by atoms with Gasteiger partial charge < -0.3 is 9.84 Å². The van der Waals surface area contributed by atoms with E-state index in [-0.39, 0.29) is 24.3 Å². The third-order valence-electron chi connectivity index (χ3n) is 2.80. The number of carbonyl (C=O) groups excluding carboxylic acids is 2. The number of hydroxylamine groups is 2. The Balaban J connectivity index is 2.27. The van der Waals surface area contributed by atoms with Gasteiger partial charge in [-0.2, -0.15) is 0 Å². The molecule has 19 heavy (non-hydrogen) atoms. The standard InChI is InChI=1S/C13H15NO5/c1-13(17)7-14(19-8-13)11(15)9-5-3-4-6-10(9)12(16)18-2/h3-6,17H,7-8H2,1-2H3/t13-/m0/s1. The summed E-state index contributed by atoms with van der Waals surface area (Å²) in [6.45, 7) is 1.67. The summed E-state index contributed by atoms with van der Waals surface area (Å²) in [4.78, 5) is 29.0. The van der Waals surface area contributed by atoms with E-state index in [0.717, 1.165) is 5.06 Å². The van der Waals surface area contributed by atoms with Crippen molar-refractivity contribution < 1.29 is 24.3 Å². The van der Waals surface area contributed by atoms with Gasteiger partial charge in [-0.25, -0.2) is 9.86 Å². The van der Waals surface area contributed by atoms with Crippen LogP contribution in [0.15, 0.2) is 24.3 Å². The van der Waals surface area contributed by atoms with Crippen molar-refractivity contribution in [2.75, 3.05) is 20.3 Å². The summed E-state index contributed by atoms with van der Waals surface area (Å²) in [6.07, 6.45) is 0. The number of ether oxygens (including phenoxy) is 1. The minimum atomic E-state index is -1.07. The predicted molar refractivity (Wildman–Crippen MR) is 65.4 cm³/mol. The van der Waals surface area contributed by atoms with Crippen LogP contribution in [0.2, 0.25) is 0 Å². The SMILES string of the molecule is COC(=O)c1ccccc1C(=O)N1C[C@](C)(O)CO1. The molecular weight excluding hydrogens is 250 g/mol. The summed E-state index contributed by atoms with van der Waals surface area (Å²) in [5.41, 5.74) is -0.715. The molecule has 1 saturated heterocycles. The first-order valence-corrected chi connectivity index (χ1v) is 5.79. The highest BCUT2D eigenvalue weighted by Gasteiger charge is 2.37. The summed E-state index contributed by atoms with van der Waals surface area (Å²) in [5.74, 6) is -1.06. The molecule has 1 heterocycles. The average Bonchev–Trinajstić information content (AvgIpc) is 2.77. The van der Waals surface area contributed by atoms with Crippen molar-refractivity contribution in [1.29, 1.82) is 0 Å². The number of amides is 1. The maximum Gasteiger partial charge on any atom is 0.338 e. The zero-order valence-corrected chi connectivity index (χ0v) is 10.8. The molecule has 1 atom stereocenters. The number of rotatable bonds is 2. The number of methoxy groups -OCH3 is 1. The third kappa shape index (κ3) is 2.74. The number of esters is 1. The smallest absolute Gasteiger partial charge is 0.338 e. The van der Waals surface area contributed by atoms with Crippen LogP contribution in [0.4, 0.5) is 0 Å². The minimum Gasteiger partial charge on any atom is -0.465 e. The first kappa shape index (κ1) is 13.5. The van der Waals surface area contributed by atoms with Gasteiger partial charge in [0.15, 0.2) is 0 Å². The van der Waals surface area contributed by atoms with Crippen molar-refractivity contribution in [2.45, 2.75) is 12.5 Å². The number of hydrogen-bond donors (Lipinski definition) is 1. The summed E-state index contributed by atoms with van der Waals surface area (Å²) < 4.78 is 4.63. The number of hydrogen-bond acceptors (Lipinski definition) is 5. The second kappa shape index (κ2) is 4.99. The number of benzene rings is 1. The molecule has 2 rings (SSSR count). The molecule has 1 amide bonds. The molecule has 6 nitrogen and oxygen atoms in total. The molecule has 0 aliphatic carbocycles. The average molecular weight is 265 g/mol. The minimum absolute atomic E-state index is 0.0408. The highest BCUT2D eigenvalue weighted by molar-refractivity contribution is 6.05. The van der Waals surface area contributed by atoms with Crippen LogP contribution < -0.4 is 0 Å². The van der Waals surface area contributed by atoms with E-state index in [0.29, 0.717) is 0 Å². The highest BCUT2D eigenvalue weighted by Crippen LogP contribution is 2.21. The quantitative estimate of drug-likeness (QED) is 0.793. The molecule has 0 unspecified atom stereocenters. The van der Waals surface area contributed by atoms with Gasteiger partial charge in [-0.15, -0.1) is 0 Å². The van der Waals surface area contributed by atoms with E-state index in [1.54, 1.807) is 19.1 Å². The zero-order chi connectivity index (χ0) is 14.0. The first-order chi connectivity index (χ1) is 8.94. The van der Waals surface area contributed by atoms with E-state index in [2.05, 4.69) is 4.74 Å². The molecule has 0 saturated carbocycles. The van der Waals surface area contributed by atoms with Gasteiger partial charge in [0.05, 0.1) is 24.8 Å². The topological polar surface area (TPSA) is 76.1 Å². The van der Waals surface area contributed by atoms with E-state index < -0.39 is 17.5 Å². The first-order valence-electron chi connectivity index (χ1n) is 5.79. The van der Waals surface area contributed by atoms with E-state index in [4.69, 9.17) is 4.84 Å². The maximum atomic E-state index is 12.3. The molecule has 102 valence electrons. The Morgan fingerprint density at radius 3 is 2.53 bits per heavy atom. The fourth-order valence-electron chi connectivity index (χ4n) is 1.84. The molecule has 1 N–H and O–H groups in total. The van der Waals surface area contributed by atoms with Crippen LogP contribution in [-0.4, -0.2) is 47.9 Å². The summed E-state index contributed by atoms with van der Waals surface area (Å²) in [7, 11) is 1.25. The predicted octanol–water partition coefficient (Wildman–Crippen LogP) is 0.612. The molecule has 0 radical (unpaired) electrons. The summed E-state index contributed by atoms with van der Waals surface area (Å²) in [6, 6.07) is 6.32. The largest absolute Gasteiger partial charge is 0.465 e. The highest BCUT2D eigenvalue weighted by atomic mass is 16.7. The van der Waals surface area contributed by atoms with Crippen LogP contribution >= 0.6 is 0 Å². The molecular formula is C13H15NO5. The maximum absolute atomic E-state index is 12.3. The van der Waals surface area contributed by atoms with Crippen molar-refractivity contribution in [3.63, 3.8) is 0 Å². The lowest BCUT2D eigenvalue weighted by molar-refractivity contribution is -0.0798. The molecule has 1 aromatic rings. The number of aliphatic hydroxyl groups is 1. The molecule has 0 aromatic heterocycles. The van der Waals surface area contributed by atoms with Crippen LogP contribution in [0.25, 0.3) is 0 Å². The van der Waals surface area contributed by atoms with Gasteiger partial charge in [0.1, 0.15) is 12.2 Å². The van der Waals surface area contributed by atoms with Crippen LogP contribution in [0.5, 0.6) is 0 Å². The Labute approximate surface area is 110 Å². The molecule has 1 aromatic carbocycles. The fraction of sp³-hybridized carbons (Fsp3) is 0.385. The van der Waals surface area contributed by atoms with Gasteiger partial charge in [-0.3, -0.25) is 9.63 Å². The van der Waals surface area contributed by atoms with Gasteiger partial charge >= 0.3 is 5.97 Å². The number of β-amino-alcohol motifs (C(OH)–C–C–N with tert-alkyl or cyclic N) is 1. The fourth-order valence-corrected chi connectivity index (χ4v) is 1.84. The monoisotopic (exact) mass is 265 g/mol. The van der Waals surface area contributed by atoms with Gasteiger partial charge in [0.25, 0.3) is 5.91 Å². The van der Waals surface area contributed by atoms with E-state index in [1.807, 2.05) is 0 Å². The Bertz CT molecular complexity index is 512. The van der Waals surface area contributed by atoms with Crippen molar-refractivity contribution in [3.05, 3.63) is 35.4 Å². The van der Waals surface area contributed by atoms with Crippen molar-refractivity contribution in [3.8, 4) is 0 Å². The van der Waals surface area contributed by atoms with Crippen molar-refractivity contribution >= 4 is 11.9 Å². The normalized spacial score (nSPS) is 22.4. The second-order valence-corrected chi connectivity index (χ2v) is 4.65. The zero-order valence-electron chi connectivity index (χ0n) is 10.8. The van der Waals surface area contributed by atoms with Gasteiger partial charge in [0.2, 0.25) is 0 Å². The van der Waals surface area contributed by atoms with Crippen LogP contribution in [-0.2, 0) is 9.57 Å². The number of carbonyl (C=O) groups is 2. The van der Waals surface area contributed by atoms with Crippen LogP contribution in [0, 0.1) is 0 Å². The Hall–Kier alpha value is -1.92. The van der Waals surface area contributed by atoms with Gasteiger partial charge in [-0.1, -0.05) is 12.1 Å². The Morgan fingerprint density at radius 2 is 2.00 bits per heavy atom.